The van der Waals surface area contributed by atoms with E-state index in [1.807, 2.05) is 54.6 Å². The van der Waals surface area contributed by atoms with Gasteiger partial charge in [0.1, 0.15) is 11.2 Å². The zero-order chi connectivity index (χ0) is 19.3. The van der Waals surface area contributed by atoms with Crippen molar-refractivity contribution in [3.05, 3.63) is 65.7 Å². The van der Waals surface area contributed by atoms with Crippen LogP contribution < -0.4 is 10.1 Å². The lowest BCUT2D eigenvalue weighted by Gasteiger charge is -2.18. The van der Waals surface area contributed by atoms with Gasteiger partial charge in [-0.25, -0.2) is 0 Å². The van der Waals surface area contributed by atoms with Crippen molar-refractivity contribution in [1.82, 2.24) is 5.32 Å². The molecule has 3 atom stereocenters. The minimum absolute atomic E-state index is 0.121. The molecule has 4 nitrogen and oxygen atoms in total. The molecule has 0 aromatic heterocycles. The molecule has 3 unspecified atom stereocenters. The molecule has 0 aliphatic heterocycles. The van der Waals surface area contributed by atoms with E-state index in [2.05, 4.69) is 19.2 Å². The van der Waals surface area contributed by atoms with E-state index < -0.39 is 11.5 Å². The van der Waals surface area contributed by atoms with Gasteiger partial charge >= 0.3 is 0 Å². The average Bonchev–Trinajstić information content (AvgIpc) is 3.38. The molecule has 0 heterocycles. The Balaban J connectivity index is 1.61. The number of rotatable bonds is 9. The molecule has 1 amide bonds. The molecular weight excluding hydrogens is 338 g/mol. The van der Waals surface area contributed by atoms with Crippen LogP contribution in [0.5, 0.6) is 5.75 Å². The topological polar surface area (TPSA) is 58.6 Å². The maximum atomic E-state index is 12.8. The number of nitrogens with one attached hydrogen (secondary N) is 1. The van der Waals surface area contributed by atoms with E-state index in [-0.39, 0.29) is 5.91 Å². The molecule has 0 radical (unpaired) electrons. The maximum absolute atomic E-state index is 12.8. The molecular formula is C23H29NO3. The van der Waals surface area contributed by atoms with Gasteiger partial charge in [0.2, 0.25) is 5.91 Å². The van der Waals surface area contributed by atoms with Gasteiger partial charge in [-0.15, -0.1) is 0 Å². The highest BCUT2D eigenvalue weighted by molar-refractivity contribution is 5.92. The summed E-state index contributed by atoms with van der Waals surface area (Å²) in [6, 6.07) is 17.4. The maximum Gasteiger partial charge on any atom is 0.233 e. The van der Waals surface area contributed by atoms with Gasteiger partial charge in [0.15, 0.2) is 0 Å². The van der Waals surface area contributed by atoms with Gasteiger partial charge in [0.25, 0.3) is 0 Å². The van der Waals surface area contributed by atoms with Crippen molar-refractivity contribution in [3.8, 4) is 5.75 Å². The Bertz CT molecular complexity index is 744. The number of hydrogen-bond acceptors (Lipinski definition) is 3. The number of amides is 1. The SMILES string of the molecule is CCCC(C)COc1ccc(C2(C(=O)NCc3ccccc3)CC2O)cc1. The summed E-state index contributed by atoms with van der Waals surface area (Å²) in [7, 11) is 0. The second kappa shape index (κ2) is 8.57. The van der Waals surface area contributed by atoms with Crippen LogP contribution in [0.4, 0.5) is 0 Å². The lowest BCUT2D eigenvalue weighted by Crippen LogP contribution is -2.36. The van der Waals surface area contributed by atoms with Crippen molar-refractivity contribution in [2.24, 2.45) is 5.92 Å². The Morgan fingerprint density at radius 2 is 1.89 bits per heavy atom. The van der Waals surface area contributed by atoms with Gasteiger partial charge in [-0.05, 0) is 42.0 Å². The molecule has 2 aromatic carbocycles. The summed E-state index contributed by atoms with van der Waals surface area (Å²) in [5, 5.41) is 13.2. The molecule has 1 saturated carbocycles. The van der Waals surface area contributed by atoms with E-state index in [0.717, 1.165) is 29.7 Å². The van der Waals surface area contributed by atoms with E-state index in [1.54, 1.807) is 0 Å². The van der Waals surface area contributed by atoms with E-state index in [0.29, 0.717) is 25.5 Å². The predicted octanol–water partition coefficient (Wildman–Crippen LogP) is 3.82. The largest absolute Gasteiger partial charge is 0.493 e. The number of carbonyl (C=O) groups excluding carboxylic acids is 1. The van der Waals surface area contributed by atoms with Gasteiger partial charge in [0, 0.05) is 6.54 Å². The molecule has 27 heavy (non-hydrogen) atoms. The first-order valence-electron chi connectivity index (χ1n) is 9.80. The summed E-state index contributed by atoms with van der Waals surface area (Å²) in [4.78, 5) is 12.8. The zero-order valence-corrected chi connectivity index (χ0v) is 16.2. The lowest BCUT2D eigenvalue weighted by atomic mass is 9.94. The van der Waals surface area contributed by atoms with E-state index in [4.69, 9.17) is 4.74 Å². The van der Waals surface area contributed by atoms with Crippen molar-refractivity contribution < 1.29 is 14.6 Å². The molecule has 0 bridgehead atoms. The minimum Gasteiger partial charge on any atom is -0.493 e. The fraction of sp³-hybridized carbons (Fsp3) is 0.435. The van der Waals surface area contributed by atoms with Crippen molar-refractivity contribution >= 4 is 5.91 Å². The second-order valence-corrected chi connectivity index (χ2v) is 7.59. The van der Waals surface area contributed by atoms with Gasteiger partial charge in [-0.1, -0.05) is 62.7 Å². The van der Waals surface area contributed by atoms with Crippen LogP contribution in [0.3, 0.4) is 0 Å². The third-order valence-electron chi connectivity index (χ3n) is 5.31. The standard InChI is InChI=1S/C23H29NO3/c1-3-7-17(2)16-27-20-12-10-19(11-13-20)23(14-21(23)25)22(26)24-15-18-8-5-4-6-9-18/h4-6,8-13,17,21,25H,3,7,14-16H2,1-2H3,(H,24,26). The normalized spacial score (nSPS) is 22.1. The van der Waals surface area contributed by atoms with Crippen LogP contribution in [0.1, 0.15) is 44.2 Å². The Morgan fingerprint density at radius 1 is 1.22 bits per heavy atom. The summed E-state index contributed by atoms with van der Waals surface area (Å²) in [6.07, 6.45) is 2.13. The van der Waals surface area contributed by atoms with Crippen LogP contribution in [0.2, 0.25) is 0 Å². The highest BCUT2D eigenvalue weighted by atomic mass is 16.5. The molecule has 2 N–H and O–H groups in total. The molecule has 2 aromatic rings. The summed E-state index contributed by atoms with van der Waals surface area (Å²) < 4.78 is 5.84. The Hall–Kier alpha value is -2.33. The summed E-state index contributed by atoms with van der Waals surface area (Å²) in [5.41, 5.74) is 1.05. The number of benzene rings is 2. The molecule has 4 heteroatoms. The summed E-state index contributed by atoms with van der Waals surface area (Å²) in [5.74, 6) is 1.20. The lowest BCUT2D eigenvalue weighted by molar-refractivity contribution is -0.124. The smallest absolute Gasteiger partial charge is 0.233 e. The van der Waals surface area contributed by atoms with E-state index in [9.17, 15) is 9.90 Å². The van der Waals surface area contributed by atoms with Crippen molar-refractivity contribution in [2.75, 3.05) is 6.61 Å². The molecule has 144 valence electrons. The van der Waals surface area contributed by atoms with Gasteiger partial charge in [-0.2, -0.15) is 0 Å². The van der Waals surface area contributed by atoms with Crippen LogP contribution in [0.25, 0.3) is 0 Å². The van der Waals surface area contributed by atoms with Crippen LogP contribution in [-0.4, -0.2) is 23.7 Å². The monoisotopic (exact) mass is 367 g/mol. The van der Waals surface area contributed by atoms with Crippen LogP contribution in [0.15, 0.2) is 54.6 Å². The fourth-order valence-electron chi connectivity index (χ4n) is 3.53. The van der Waals surface area contributed by atoms with Crippen molar-refractivity contribution in [2.45, 2.75) is 51.2 Å². The predicted molar refractivity (Wildman–Crippen MR) is 107 cm³/mol. The summed E-state index contributed by atoms with van der Waals surface area (Å²) >= 11 is 0. The molecule has 1 aliphatic carbocycles. The number of carbonyl (C=O) groups is 1. The number of hydrogen-bond donors (Lipinski definition) is 2. The van der Waals surface area contributed by atoms with Crippen LogP contribution >= 0.6 is 0 Å². The zero-order valence-electron chi connectivity index (χ0n) is 16.2. The van der Waals surface area contributed by atoms with Crippen LogP contribution in [-0.2, 0) is 16.8 Å². The molecule has 1 aliphatic rings. The molecule has 3 rings (SSSR count). The average molecular weight is 367 g/mol. The van der Waals surface area contributed by atoms with E-state index in [1.165, 1.54) is 0 Å². The first-order chi connectivity index (χ1) is 13.1. The quantitative estimate of drug-likeness (QED) is 0.708. The summed E-state index contributed by atoms with van der Waals surface area (Å²) in [6.45, 7) is 5.52. The molecule has 0 spiro atoms. The first-order valence-corrected chi connectivity index (χ1v) is 9.80. The van der Waals surface area contributed by atoms with Crippen molar-refractivity contribution in [3.63, 3.8) is 0 Å². The van der Waals surface area contributed by atoms with Crippen molar-refractivity contribution in [1.29, 1.82) is 0 Å². The molecule has 0 saturated heterocycles. The Labute approximate surface area is 161 Å². The Morgan fingerprint density at radius 3 is 2.48 bits per heavy atom. The third-order valence-corrected chi connectivity index (χ3v) is 5.31. The Kier molecular flexibility index (Phi) is 6.17. The van der Waals surface area contributed by atoms with Gasteiger partial charge in [0.05, 0.1) is 12.7 Å². The number of aliphatic hydroxyl groups is 1. The second-order valence-electron chi connectivity index (χ2n) is 7.59. The van der Waals surface area contributed by atoms with Gasteiger partial charge in [-0.3, -0.25) is 4.79 Å². The highest BCUT2D eigenvalue weighted by Gasteiger charge is 2.60. The fourth-order valence-corrected chi connectivity index (χ4v) is 3.53. The molecule has 1 fully saturated rings. The van der Waals surface area contributed by atoms with Gasteiger partial charge < -0.3 is 15.2 Å². The first kappa shape index (κ1) is 19.4. The number of aliphatic hydroxyl groups excluding tert-OH is 1. The highest BCUT2D eigenvalue weighted by Crippen LogP contribution is 2.49. The van der Waals surface area contributed by atoms with Crippen LogP contribution in [0, 0.1) is 5.92 Å². The number of ether oxygens (including phenoxy) is 1. The van der Waals surface area contributed by atoms with E-state index >= 15 is 0 Å². The minimum atomic E-state index is -0.831. The third kappa shape index (κ3) is 4.51.